The van der Waals surface area contributed by atoms with E-state index in [9.17, 15) is 0 Å². The monoisotopic (exact) mass is 253 g/mol. The Hall–Kier alpha value is -0.120. The summed E-state index contributed by atoms with van der Waals surface area (Å²) in [5.74, 6) is 3.15. The Kier molecular flexibility index (Phi) is 4.62. The van der Waals surface area contributed by atoms with Crippen LogP contribution >= 0.6 is 23.5 Å². The highest BCUT2D eigenvalue weighted by Crippen LogP contribution is 2.39. The van der Waals surface area contributed by atoms with Gasteiger partial charge in [0.05, 0.1) is 0 Å². The Bertz CT molecular complexity index is 340. The number of fused-ring (bicyclic) bond motifs is 1. The fourth-order valence-electron chi connectivity index (χ4n) is 2.12. The van der Waals surface area contributed by atoms with Crippen molar-refractivity contribution in [2.45, 2.75) is 17.9 Å². The molecule has 0 amide bonds. The van der Waals surface area contributed by atoms with E-state index >= 15 is 0 Å². The van der Waals surface area contributed by atoms with Gasteiger partial charge in [-0.2, -0.15) is 11.8 Å². The van der Waals surface area contributed by atoms with Crippen LogP contribution in [0.2, 0.25) is 0 Å². The van der Waals surface area contributed by atoms with Gasteiger partial charge in [0.15, 0.2) is 0 Å². The predicted octanol–water partition coefficient (Wildman–Crippen LogP) is 3.42. The minimum absolute atomic E-state index is 0.546. The zero-order chi connectivity index (χ0) is 11.4. The van der Waals surface area contributed by atoms with Gasteiger partial charge in [-0.25, -0.2) is 0 Å². The fraction of sp³-hybridized carbons (Fsp3) is 0.538. The third-order valence-electron chi connectivity index (χ3n) is 3.00. The minimum atomic E-state index is 0.546. The maximum absolute atomic E-state index is 3.69. The van der Waals surface area contributed by atoms with Crippen molar-refractivity contribution in [1.82, 2.24) is 5.32 Å². The smallest absolute Gasteiger partial charge is 0.0365 e. The van der Waals surface area contributed by atoms with E-state index in [1.54, 1.807) is 0 Å². The molecule has 1 aliphatic heterocycles. The zero-order valence-corrected chi connectivity index (χ0v) is 11.5. The third-order valence-corrected chi connectivity index (χ3v) is 4.98. The summed E-state index contributed by atoms with van der Waals surface area (Å²) in [6.45, 7) is 3.45. The molecule has 16 heavy (non-hydrogen) atoms. The van der Waals surface area contributed by atoms with Crippen LogP contribution in [0, 0.1) is 5.92 Å². The van der Waals surface area contributed by atoms with Crippen LogP contribution in [0.5, 0.6) is 0 Å². The van der Waals surface area contributed by atoms with Crippen molar-refractivity contribution in [3.8, 4) is 0 Å². The molecule has 0 aliphatic carbocycles. The zero-order valence-electron chi connectivity index (χ0n) is 9.90. The molecule has 0 saturated carbocycles. The molecule has 3 heteroatoms. The molecule has 1 nitrogen and oxygen atoms in total. The summed E-state index contributed by atoms with van der Waals surface area (Å²) in [4.78, 5) is 1.46. The average Bonchev–Trinajstić information content (AvgIpc) is 2.32. The Labute approximate surface area is 107 Å². The number of thioether (sulfide) groups is 2. The standard InChI is InChI=1S/C13H19NS2/c1-10-9-16-12-6-4-3-5-11(12)13(10)14-7-8-15-2/h3-6,10,13-14H,7-9H2,1-2H3. The number of nitrogens with one attached hydrogen (secondary N) is 1. The van der Waals surface area contributed by atoms with Crippen molar-refractivity contribution in [2.75, 3.05) is 24.3 Å². The van der Waals surface area contributed by atoms with Crippen molar-refractivity contribution in [3.63, 3.8) is 0 Å². The first-order valence-corrected chi connectivity index (χ1v) is 8.15. The van der Waals surface area contributed by atoms with E-state index in [0.717, 1.165) is 12.5 Å². The van der Waals surface area contributed by atoms with E-state index in [2.05, 4.69) is 42.8 Å². The van der Waals surface area contributed by atoms with E-state index in [1.165, 1.54) is 22.0 Å². The lowest BCUT2D eigenvalue weighted by atomic mass is 9.95. The lowest BCUT2D eigenvalue weighted by Crippen LogP contribution is -2.32. The molecule has 1 heterocycles. The molecule has 2 rings (SSSR count). The highest BCUT2D eigenvalue weighted by Gasteiger charge is 2.25. The van der Waals surface area contributed by atoms with Gasteiger partial charge in [0.2, 0.25) is 0 Å². The summed E-state index contributed by atoms with van der Waals surface area (Å²) in [7, 11) is 0. The van der Waals surface area contributed by atoms with Crippen LogP contribution in [-0.4, -0.2) is 24.3 Å². The van der Waals surface area contributed by atoms with Gasteiger partial charge in [0.25, 0.3) is 0 Å². The van der Waals surface area contributed by atoms with Crippen LogP contribution in [0.25, 0.3) is 0 Å². The highest BCUT2D eigenvalue weighted by atomic mass is 32.2. The molecule has 0 spiro atoms. The Morgan fingerprint density at radius 1 is 1.44 bits per heavy atom. The van der Waals surface area contributed by atoms with Crippen molar-refractivity contribution in [3.05, 3.63) is 29.8 Å². The van der Waals surface area contributed by atoms with E-state index in [4.69, 9.17) is 0 Å². The topological polar surface area (TPSA) is 12.0 Å². The molecule has 2 atom stereocenters. The second-order valence-electron chi connectivity index (χ2n) is 4.25. The van der Waals surface area contributed by atoms with Crippen LogP contribution < -0.4 is 5.32 Å². The Balaban J connectivity index is 2.10. The summed E-state index contributed by atoms with van der Waals surface area (Å²) >= 11 is 3.90. The molecule has 0 aromatic heterocycles. The summed E-state index contributed by atoms with van der Waals surface area (Å²) in [5.41, 5.74) is 1.49. The van der Waals surface area contributed by atoms with Gasteiger partial charge < -0.3 is 5.32 Å². The second kappa shape index (κ2) is 5.99. The van der Waals surface area contributed by atoms with Gasteiger partial charge in [-0.15, -0.1) is 11.8 Å². The number of hydrogen-bond donors (Lipinski definition) is 1. The molecular weight excluding hydrogens is 234 g/mol. The van der Waals surface area contributed by atoms with Gasteiger partial charge in [-0.05, 0) is 23.8 Å². The molecule has 1 aliphatic rings. The van der Waals surface area contributed by atoms with Gasteiger partial charge in [0.1, 0.15) is 0 Å². The largest absolute Gasteiger partial charge is 0.309 e. The molecule has 0 bridgehead atoms. The van der Waals surface area contributed by atoms with Crippen LogP contribution in [-0.2, 0) is 0 Å². The van der Waals surface area contributed by atoms with Crippen LogP contribution in [0.15, 0.2) is 29.2 Å². The molecule has 0 saturated heterocycles. The van der Waals surface area contributed by atoms with Gasteiger partial charge in [-0.1, -0.05) is 25.1 Å². The number of benzene rings is 1. The molecule has 0 radical (unpaired) electrons. The third kappa shape index (κ3) is 2.76. The van der Waals surface area contributed by atoms with Gasteiger partial charge in [-0.3, -0.25) is 0 Å². The summed E-state index contributed by atoms with van der Waals surface area (Å²) in [6.07, 6.45) is 2.16. The fourth-order valence-corrected chi connectivity index (χ4v) is 3.61. The van der Waals surface area contributed by atoms with Crippen LogP contribution in [0.3, 0.4) is 0 Å². The Morgan fingerprint density at radius 2 is 2.25 bits per heavy atom. The Morgan fingerprint density at radius 3 is 3.06 bits per heavy atom. The highest BCUT2D eigenvalue weighted by molar-refractivity contribution is 7.99. The van der Waals surface area contributed by atoms with E-state index in [-0.39, 0.29) is 0 Å². The van der Waals surface area contributed by atoms with Crippen LogP contribution in [0.1, 0.15) is 18.5 Å². The SMILES string of the molecule is CSCCNC1c2ccccc2SCC1C. The summed E-state index contributed by atoms with van der Waals surface area (Å²) in [6, 6.07) is 9.36. The van der Waals surface area contributed by atoms with Crippen LogP contribution in [0.4, 0.5) is 0 Å². The minimum Gasteiger partial charge on any atom is -0.309 e. The maximum atomic E-state index is 3.69. The van der Waals surface area contributed by atoms with Crippen molar-refractivity contribution in [2.24, 2.45) is 5.92 Å². The predicted molar refractivity (Wildman–Crippen MR) is 75.5 cm³/mol. The summed E-state index contributed by atoms with van der Waals surface area (Å²) in [5, 5.41) is 3.69. The average molecular weight is 253 g/mol. The first kappa shape index (κ1) is 12.3. The number of hydrogen-bond acceptors (Lipinski definition) is 3. The second-order valence-corrected chi connectivity index (χ2v) is 6.30. The van der Waals surface area contributed by atoms with Crippen molar-refractivity contribution >= 4 is 23.5 Å². The molecule has 0 fully saturated rings. The summed E-state index contributed by atoms with van der Waals surface area (Å²) < 4.78 is 0. The van der Waals surface area contributed by atoms with Gasteiger partial charge >= 0.3 is 0 Å². The molecule has 1 aromatic rings. The number of rotatable bonds is 4. The molecule has 2 unspecified atom stereocenters. The molecule has 1 N–H and O–H groups in total. The molecular formula is C13H19NS2. The van der Waals surface area contributed by atoms with E-state index < -0.39 is 0 Å². The van der Waals surface area contributed by atoms with E-state index in [0.29, 0.717) is 6.04 Å². The lowest BCUT2D eigenvalue weighted by molar-refractivity contribution is 0.417. The van der Waals surface area contributed by atoms with E-state index in [1.807, 2.05) is 23.5 Å². The van der Waals surface area contributed by atoms with Crippen molar-refractivity contribution in [1.29, 1.82) is 0 Å². The molecule has 88 valence electrons. The van der Waals surface area contributed by atoms with Gasteiger partial charge in [0, 0.05) is 29.0 Å². The maximum Gasteiger partial charge on any atom is 0.0365 e. The quantitative estimate of drug-likeness (QED) is 0.826. The normalized spacial score (nSPS) is 24.1. The molecule has 1 aromatic carbocycles. The first-order chi connectivity index (χ1) is 7.83. The van der Waals surface area contributed by atoms with Crippen molar-refractivity contribution < 1.29 is 0 Å². The lowest BCUT2D eigenvalue weighted by Gasteiger charge is -2.31. The first-order valence-electron chi connectivity index (χ1n) is 5.77.